The van der Waals surface area contributed by atoms with Crippen LogP contribution in [0, 0.1) is 6.92 Å². The highest BCUT2D eigenvalue weighted by atomic mass is 32.2. The summed E-state index contributed by atoms with van der Waals surface area (Å²) in [4.78, 5) is 11.1. The molecule has 0 spiro atoms. The average Bonchev–Trinajstić information content (AvgIpc) is 3.01. The van der Waals surface area contributed by atoms with Gasteiger partial charge in [-0.15, -0.1) is 0 Å². The summed E-state index contributed by atoms with van der Waals surface area (Å²) in [6, 6.07) is 0. The number of imidazole rings is 2. The lowest BCUT2D eigenvalue weighted by Gasteiger charge is -2.13. The van der Waals surface area contributed by atoms with E-state index in [0.29, 0.717) is 11.6 Å². The first kappa shape index (κ1) is 14.7. The largest absolute Gasteiger partial charge is 0.347 e. The fourth-order valence-electron chi connectivity index (χ4n) is 1.91. The van der Waals surface area contributed by atoms with E-state index in [1.807, 2.05) is 11.5 Å². The van der Waals surface area contributed by atoms with Crippen molar-refractivity contribution in [2.75, 3.05) is 7.05 Å². The van der Waals surface area contributed by atoms with Crippen molar-refractivity contribution in [3.8, 4) is 0 Å². The molecule has 0 radical (unpaired) electrons. The highest BCUT2D eigenvalue weighted by molar-refractivity contribution is 7.89. The number of hydrogen-bond acceptors (Lipinski definition) is 4. The quantitative estimate of drug-likeness (QED) is 0.866. The third kappa shape index (κ3) is 2.91. The minimum Gasteiger partial charge on any atom is -0.347 e. The molecule has 8 heteroatoms. The van der Waals surface area contributed by atoms with Gasteiger partial charge in [0.15, 0.2) is 5.03 Å². The molecular formula is C12H19N5O2S. The first-order valence-corrected chi connectivity index (χ1v) is 7.87. The number of aryl methyl sites for hydroxylation is 2. The van der Waals surface area contributed by atoms with Gasteiger partial charge in [0, 0.05) is 32.2 Å². The van der Waals surface area contributed by atoms with E-state index in [4.69, 9.17) is 0 Å². The standard InChI is InChI=1S/C12H19N5O2S/c1-4-7-17-9-12(15-10(17)2)20(18,19)16(3)8-11-13-5-6-14-11/h5-6,9H,4,7-8H2,1-3H3,(H,13,14). The molecule has 0 atom stereocenters. The minimum absolute atomic E-state index is 0.0810. The molecule has 1 N–H and O–H groups in total. The van der Waals surface area contributed by atoms with E-state index >= 15 is 0 Å². The Morgan fingerprint density at radius 1 is 1.45 bits per heavy atom. The zero-order valence-corrected chi connectivity index (χ0v) is 12.7. The van der Waals surface area contributed by atoms with Crippen LogP contribution in [-0.4, -0.2) is 39.3 Å². The van der Waals surface area contributed by atoms with E-state index in [0.717, 1.165) is 13.0 Å². The second-order valence-corrected chi connectivity index (χ2v) is 6.61. The fraction of sp³-hybridized carbons (Fsp3) is 0.500. The highest BCUT2D eigenvalue weighted by Crippen LogP contribution is 2.15. The summed E-state index contributed by atoms with van der Waals surface area (Å²) in [5, 5.41) is 0.0810. The van der Waals surface area contributed by atoms with Crippen molar-refractivity contribution in [3.05, 3.63) is 30.2 Å². The van der Waals surface area contributed by atoms with Gasteiger partial charge in [0.1, 0.15) is 11.6 Å². The lowest BCUT2D eigenvalue weighted by Crippen LogP contribution is -2.27. The van der Waals surface area contributed by atoms with Gasteiger partial charge in [-0.1, -0.05) is 6.92 Å². The minimum atomic E-state index is -3.59. The first-order valence-electron chi connectivity index (χ1n) is 6.43. The van der Waals surface area contributed by atoms with E-state index in [2.05, 4.69) is 15.0 Å². The third-order valence-electron chi connectivity index (χ3n) is 3.02. The van der Waals surface area contributed by atoms with Crippen LogP contribution in [0.4, 0.5) is 0 Å². The van der Waals surface area contributed by atoms with Crippen LogP contribution >= 0.6 is 0 Å². The topological polar surface area (TPSA) is 83.9 Å². The average molecular weight is 297 g/mol. The first-order chi connectivity index (χ1) is 9.45. The van der Waals surface area contributed by atoms with E-state index in [-0.39, 0.29) is 11.6 Å². The van der Waals surface area contributed by atoms with Crippen LogP contribution in [0.5, 0.6) is 0 Å². The number of aromatic amines is 1. The van der Waals surface area contributed by atoms with E-state index in [9.17, 15) is 8.42 Å². The summed E-state index contributed by atoms with van der Waals surface area (Å²) in [6.07, 6.45) is 5.78. The Balaban J connectivity index is 2.23. The zero-order chi connectivity index (χ0) is 14.8. The Bertz CT molecular complexity index is 660. The molecule has 110 valence electrons. The van der Waals surface area contributed by atoms with E-state index in [1.54, 1.807) is 25.5 Å². The van der Waals surface area contributed by atoms with Gasteiger partial charge in [-0.25, -0.2) is 18.4 Å². The summed E-state index contributed by atoms with van der Waals surface area (Å²) in [5.41, 5.74) is 0. The highest BCUT2D eigenvalue weighted by Gasteiger charge is 2.25. The molecule has 2 aromatic heterocycles. The molecule has 20 heavy (non-hydrogen) atoms. The maximum atomic E-state index is 12.4. The van der Waals surface area contributed by atoms with Crippen LogP contribution in [0.3, 0.4) is 0 Å². The van der Waals surface area contributed by atoms with E-state index < -0.39 is 10.0 Å². The molecule has 0 saturated carbocycles. The predicted molar refractivity (Wildman–Crippen MR) is 74.5 cm³/mol. The maximum absolute atomic E-state index is 12.4. The summed E-state index contributed by atoms with van der Waals surface area (Å²) in [7, 11) is -2.07. The summed E-state index contributed by atoms with van der Waals surface area (Å²) >= 11 is 0. The Morgan fingerprint density at radius 2 is 2.20 bits per heavy atom. The zero-order valence-electron chi connectivity index (χ0n) is 11.9. The lowest BCUT2D eigenvalue weighted by atomic mass is 10.5. The summed E-state index contributed by atoms with van der Waals surface area (Å²) in [6.45, 7) is 4.79. The lowest BCUT2D eigenvalue weighted by molar-refractivity contribution is 0.455. The van der Waals surface area contributed by atoms with Gasteiger partial charge < -0.3 is 9.55 Å². The van der Waals surface area contributed by atoms with Gasteiger partial charge in [0.25, 0.3) is 10.0 Å². The molecule has 0 aromatic carbocycles. The van der Waals surface area contributed by atoms with Crippen molar-refractivity contribution >= 4 is 10.0 Å². The van der Waals surface area contributed by atoms with Gasteiger partial charge in [-0.3, -0.25) is 0 Å². The second kappa shape index (κ2) is 5.76. The number of H-pyrrole nitrogens is 1. The van der Waals surface area contributed by atoms with Crippen molar-refractivity contribution in [3.63, 3.8) is 0 Å². The molecule has 0 saturated heterocycles. The molecule has 0 fully saturated rings. The Kier molecular flexibility index (Phi) is 4.24. The van der Waals surface area contributed by atoms with Crippen LogP contribution in [0.25, 0.3) is 0 Å². The SMILES string of the molecule is CCCn1cc(S(=O)(=O)N(C)Cc2ncc[nH]2)nc1C. The van der Waals surface area contributed by atoms with E-state index in [1.165, 1.54) is 11.4 Å². The van der Waals surface area contributed by atoms with Crippen LogP contribution in [0.2, 0.25) is 0 Å². The number of aromatic nitrogens is 4. The Hall–Kier alpha value is -1.67. The van der Waals surface area contributed by atoms with Gasteiger partial charge in [-0.2, -0.15) is 4.31 Å². The number of nitrogens with one attached hydrogen (secondary N) is 1. The third-order valence-corrected chi connectivity index (χ3v) is 4.70. The molecule has 2 aromatic rings. The van der Waals surface area contributed by atoms with Crippen molar-refractivity contribution in [2.24, 2.45) is 0 Å². The van der Waals surface area contributed by atoms with Crippen molar-refractivity contribution in [1.29, 1.82) is 0 Å². The predicted octanol–water partition coefficient (Wildman–Crippen LogP) is 1.15. The number of sulfonamides is 1. The number of rotatable bonds is 6. The van der Waals surface area contributed by atoms with Crippen molar-refractivity contribution < 1.29 is 8.42 Å². The number of nitrogens with zero attached hydrogens (tertiary/aromatic N) is 4. The molecule has 0 unspecified atom stereocenters. The number of hydrogen-bond donors (Lipinski definition) is 1. The molecule has 2 rings (SSSR count). The summed E-state index contributed by atoms with van der Waals surface area (Å²) < 4.78 is 28.0. The molecule has 0 aliphatic rings. The second-order valence-electron chi connectivity index (χ2n) is 4.62. The maximum Gasteiger partial charge on any atom is 0.262 e. The van der Waals surface area contributed by atoms with Gasteiger partial charge >= 0.3 is 0 Å². The molecular weight excluding hydrogens is 278 g/mol. The smallest absolute Gasteiger partial charge is 0.262 e. The van der Waals surface area contributed by atoms with Gasteiger partial charge in [0.2, 0.25) is 0 Å². The van der Waals surface area contributed by atoms with Crippen LogP contribution < -0.4 is 0 Å². The summed E-state index contributed by atoms with van der Waals surface area (Å²) in [5.74, 6) is 1.30. The van der Waals surface area contributed by atoms with Crippen LogP contribution in [0.1, 0.15) is 25.0 Å². The normalized spacial score (nSPS) is 12.2. The molecule has 0 bridgehead atoms. The fourth-order valence-corrected chi connectivity index (χ4v) is 3.03. The van der Waals surface area contributed by atoms with Gasteiger partial charge in [0.05, 0.1) is 6.54 Å². The monoisotopic (exact) mass is 297 g/mol. The molecule has 0 aliphatic heterocycles. The Morgan fingerprint density at radius 3 is 2.80 bits per heavy atom. The molecule has 0 amide bonds. The van der Waals surface area contributed by atoms with Crippen molar-refractivity contribution in [2.45, 2.75) is 38.4 Å². The molecule has 2 heterocycles. The molecule has 7 nitrogen and oxygen atoms in total. The van der Waals surface area contributed by atoms with Gasteiger partial charge in [-0.05, 0) is 13.3 Å². The van der Waals surface area contributed by atoms with Crippen LogP contribution in [-0.2, 0) is 23.1 Å². The molecule has 0 aliphatic carbocycles. The van der Waals surface area contributed by atoms with Crippen LogP contribution in [0.15, 0.2) is 23.6 Å². The van der Waals surface area contributed by atoms with Crippen molar-refractivity contribution in [1.82, 2.24) is 23.8 Å². The Labute approximate surface area is 118 Å².